The molecule has 0 spiro atoms. The van der Waals surface area contributed by atoms with Gasteiger partial charge in [0.15, 0.2) is 5.65 Å². The van der Waals surface area contributed by atoms with Crippen molar-refractivity contribution in [2.75, 3.05) is 5.73 Å². The second-order valence-corrected chi connectivity index (χ2v) is 4.55. The highest BCUT2D eigenvalue weighted by Gasteiger charge is 2.08. The van der Waals surface area contributed by atoms with Crippen molar-refractivity contribution in [2.24, 2.45) is 0 Å². The Morgan fingerprint density at radius 1 is 1.18 bits per heavy atom. The van der Waals surface area contributed by atoms with E-state index in [-0.39, 0.29) is 0 Å². The first-order valence-corrected chi connectivity index (χ1v) is 5.88. The van der Waals surface area contributed by atoms with E-state index in [2.05, 4.69) is 25.9 Å². The summed E-state index contributed by atoms with van der Waals surface area (Å²) in [6.07, 6.45) is 5.50. The Kier molecular flexibility index (Phi) is 2.33. The minimum absolute atomic E-state index is 0.689. The van der Waals surface area contributed by atoms with Crippen molar-refractivity contribution < 1.29 is 0 Å². The fourth-order valence-electron chi connectivity index (χ4n) is 1.72. The van der Waals surface area contributed by atoms with Crippen molar-refractivity contribution >= 4 is 27.3 Å². The van der Waals surface area contributed by atoms with Crippen LogP contribution in [0.1, 0.15) is 0 Å². The van der Waals surface area contributed by atoms with Gasteiger partial charge in [-0.1, -0.05) is 6.07 Å². The molecule has 17 heavy (non-hydrogen) atoms. The molecule has 0 radical (unpaired) electrons. The van der Waals surface area contributed by atoms with Crippen LogP contribution in [0.3, 0.4) is 0 Å². The van der Waals surface area contributed by atoms with Gasteiger partial charge in [0.2, 0.25) is 0 Å². The van der Waals surface area contributed by atoms with Crippen LogP contribution in [-0.4, -0.2) is 14.4 Å². The molecule has 3 aromatic rings. The number of rotatable bonds is 1. The van der Waals surface area contributed by atoms with E-state index in [4.69, 9.17) is 5.73 Å². The summed E-state index contributed by atoms with van der Waals surface area (Å²) in [5, 5.41) is 0. The molecule has 0 aliphatic carbocycles. The number of hydrogen-bond donors (Lipinski definition) is 1. The van der Waals surface area contributed by atoms with Crippen molar-refractivity contribution in [1.29, 1.82) is 0 Å². The fraction of sp³-hybridized carbons (Fsp3) is 0. The van der Waals surface area contributed by atoms with Crippen LogP contribution < -0.4 is 5.73 Å². The smallest absolute Gasteiger partial charge is 0.152 e. The van der Waals surface area contributed by atoms with Crippen LogP contribution in [0.15, 0.2) is 47.3 Å². The highest BCUT2D eigenvalue weighted by atomic mass is 79.9. The normalized spacial score (nSPS) is 10.9. The molecule has 0 aliphatic heterocycles. The summed E-state index contributed by atoms with van der Waals surface area (Å²) in [6, 6.07) is 7.59. The molecule has 4 nitrogen and oxygen atoms in total. The Labute approximate surface area is 106 Å². The predicted octanol–water partition coefficient (Wildman–Crippen LogP) is 2.74. The Morgan fingerprint density at radius 2 is 2.06 bits per heavy atom. The number of hydrogen-bond acceptors (Lipinski definition) is 3. The Balaban J connectivity index is 2.24. The van der Waals surface area contributed by atoms with Crippen LogP contribution in [0.4, 0.5) is 5.69 Å². The van der Waals surface area contributed by atoms with Crippen molar-refractivity contribution in [2.45, 2.75) is 0 Å². The molecule has 84 valence electrons. The monoisotopic (exact) mass is 288 g/mol. The number of halogens is 1. The van der Waals surface area contributed by atoms with Crippen LogP contribution in [0.25, 0.3) is 17.0 Å². The lowest BCUT2D eigenvalue weighted by Crippen LogP contribution is -1.90. The van der Waals surface area contributed by atoms with Gasteiger partial charge in [-0.05, 0) is 34.1 Å². The molecule has 3 rings (SSSR count). The van der Waals surface area contributed by atoms with Crippen molar-refractivity contribution in [3.05, 3.63) is 47.3 Å². The van der Waals surface area contributed by atoms with Crippen LogP contribution in [0.2, 0.25) is 0 Å². The van der Waals surface area contributed by atoms with E-state index < -0.39 is 0 Å². The van der Waals surface area contributed by atoms with Crippen LogP contribution in [-0.2, 0) is 0 Å². The second-order valence-electron chi connectivity index (χ2n) is 3.69. The van der Waals surface area contributed by atoms with E-state index in [9.17, 15) is 0 Å². The first-order valence-electron chi connectivity index (χ1n) is 5.09. The summed E-state index contributed by atoms with van der Waals surface area (Å²) in [5.41, 5.74) is 8.98. The van der Waals surface area contributed by atoms with Crippen LogP contribution >= 0.6 is 15.9 Å². The van der Waals surface area contributed by atoms with Gasteiger partial charge in [-0.3, -0.25) is 4.98 Å². The summed E-state index contributed by atoms with van der Waals surface area (Å²) in [4.78, 5) is 8.80. The van der Waals surface area contributed by atoms with E-state index in [0.717, 1.165) is 21.5 Å². The standard InChI is InChI=1S/C12H9BrN4/c13-9-5-8(14)6-17-7-11(16-12(9)17)10-3-1-2-4-15-10/h1-7H,14H2. The van der Waals surface area contributed by atoms with Gasteiger partial charge >= 0.3 is 0 Å². The molecule has 0 aromatic carbocycles. The number of imidazole rings is 1. The summed E-state index contributed by atoms with van der Waals surface area (Å²) in [6.45, 7) is 0. The van der Waals surface area contributed by atoms with Gasteiger partial charge in [0.25, 0.3) is 0 Å². The molecule has 2 N–H and O–H groups in total. The topological polar surface area (TPSA) is 56.2 Å². The molecule has 0 atom stereocenters. The van der Waals surface area contributed by atoms with Gasteiger partial charge in [0.05, 0.1) is 10.2 Å². The molecule has 0 aliphatic rings. The summed E-state index contributed by atoms with van der Waals surface area (Å²) in [5.74, 6) is 0. The average molecular weight is 289 g/mol. The second kappa shape index (κ2) is 3.85. The molecule has 0 fully saturated rings. The largest absolute Gasteiger partial charge is 0.397 e. The first kappa shape index (κ1) is 10.3. The van der Waals surface area contributed by atoms with Gasteiger partial charge in [0.1, 0.15) is 5.69 Å². The third-order valence-corrected chi connectivity index (χ3v) is 3.04. The molecular formula is C12H9BrN4. The number of fused-ring (bicyclic) bond motifs is 1. The van der Waals surface area contributed by atoms with Crippen molar-refractivity contribution in [3.63, 3.8) is 0 Å². The molecule has 0 saturated carbocycles. The van der Waals surface area contributed by atoms with Crippen molar-refractivity contribution in [1.82, 2.24) is 14.4 Å². The number of nitrogens with zero attached hydrogens (tertiary/aromatic N) is 3. The molecule has 3 heterocycles. The number of aromatic nitrogens is 3. The maximum Gasteiger partial charge on any atom is 0.152 e. The zero-order valence-electron chi connectivity index (χ0n) is 8.84. The van der Waals surface area contributed by atoms with E-state index in [1.165, 1.54) is 0 Å². The minimum atomic E-state index is 0.689. The highest BCUT2D eigenvalue weighted by Crippen LogP contribution is 2.24. The lowest BCUT2D eigenvalue weighted by molar-refractivity contribution is 1.18. The molecule has 0 saturated heterocycles. The number of pyridine rings is 2. The predicted molar refractivity (Wildman–Crippen MR) is 70.5 cm³/mol. The van der Waals surface area contributed by atoms with Gasteiger partial charge in [-0.25, -0.2) is 4.98 Å². The Bertz CT molecular complexity index is 676. The summed E-state index contributed by atoms with van der Waals surface area (Å²) < 4.78 is 2.77. The van der Waals surface area contributed by atoms with Gasteiger partial charge in [-0.2, -0.15) is 0 Å². The molecule has 0 bridgehead atoms. The molecule has 0 unspecified atom stereocenters. The van der Waals surface area contributed by atoms with Crippen molar-refractivity contribution in [3.8, 4) is 11.4 Å². The van der Waals surface area contributed by atoms with E-state index in [0.29, 0.717) is 5.69 Å². The molecule has 3 aromatic heterocycles. The van der Waals surface area contributed by atoms with Crippen LogP contribution in [0, 0.1) is 0 Å². The summed E-state index contributed by atoms with van der Waals surface area (Å²) >= 11 is 3.45. The molecule has 0 amide bonds. The van der Waals surface area contributed by atoms with Crippen LogP contribution in [0.5, 0.6) is 0 Å². The molecule has 5 heteroatoms. The van der Waals surface area contributed by atoms with E-state index in [1.54, 1.807) is 6.20 Å². The number of anilines is 1. The third kappa shape index (κ3) is 1.78. The van der Waals surface area contributed by atoms with E-state index >= 15 is 0 Å². The fourth-order valence-corrected chi connectivity index (χ4v) is 2.27. The molecular weight excluding hydrogens is 280 g/mol. The minimum Gasteiger partial charge on any atom is -0.397 e. The number of nitrogens with two attached hydrogens (primary N) is 1. The SMILES string of the molecule is Nc1cc(Br)c2nc(-c3ccccn3)cn2c1. The highest BCUT2D eigenvalue weighted by molar-refractivity contribution is 9.10. The van der Waals surface area contributed by atoms with E-state index in [1.807, 2.05) is 41.1 Å². The zero-order chi connectivity index (χ0) is 11.8. The zero-order valence-corrected chi connectivity index (χ0v) is 10.4. The Morgan fingerprint density at radius 3 is 2.82 bits per heavy atom. The quantitative estimate of drug-likeness (QED) is 0.749. The van der Waals surface area contributed by atoms with Gasteiger partial charge in [-0.15, -0.1) is 0 Å². The first-order chi connectivity index (χ1) is 8.24. The Hall–Kier alpha value is -1.88. The van der Waals surface area contributed by atoms with Gasteiger partial charge in [0, 0.05) is 24.3 Å². The lowest BCUT2D eigenvalue weighted by atomic mass is 10.3. The lowest BCUT2D eigenvalue weighted by Gasteiger charge is -1.97. The third-order valence-electron chi connectivity index (χ3n) is 2.45. The van der Waals surface area contributed by atoms with Gasteiger partial charge < -0.3 is 10.1 Å². The average Bonchev–Trinajstić information content (AvgIpc) is 2.74. The number of nitrogen functional groups attached to an aromatic ring is 1. The maximum absolute atomic E-state index is 5.78. The summed E-state index contributed by atoms with van der Waals surface area (Å²) in [7, 11) is 0. The maximum atomic E-state index is 5.78.